The maximum absolute atomic E-state index is 11.3. The van der Waals surface area contributed by atoms with E-state index in [1.165, 1.54) is 13.4 Å². The number of carbonyl (C=O) groups is 1. The molecule has 0 fully saturated rings. The summed E-state index contributed by atoms with van der Waals surface area (Å²) >= 11 is 1.58. The predicted molar refractivity (Wildman–Crippen MR) is 69.6 cm³/mol. The average molecular weight is 265 g/mol. The molecule has 0 amide bonds. The van der Waals surface area contributed by atoms with E-state index in [0.717, 1.165) is 16.2 Å². The normalized spacial score (nSPS) is 12.6. The highest BCUT2D eigenvalue weighted by Crippen LogP contribution is 2.22. The maximum Gasteiger partial charge on any atom is 0.309 e. The third-order valence-electron chi connectivity index (χ3n) is 2.58. The van der Waals surface area contributed by atoms with Crippen LogP contribution in [0.5, 0.6) is 0 Å². The van der Waals surface area contributed by atoms with Crippen LogP contribution in [0.15, 0.2) is 23.5 Å². The second-order valence-electron chi connectivity index (χ2n) is 4.14. The summed E-state index contributed by atoms with van der Waals surface area (Å²) in [6.07, 6.45) is 1.53. The van der Waals surface area contributed by atoms with Crippen LogP contribution >= 0.6 is 11.8 Å². The Balaban J connectivity index is 2.16. The summed E-state index contributed by atoms with van der Waals surface area (Å²) in [5, 5.41) is 5.16. The summed E-state index contributed by atoms with van der Waals surface area (Å²) in [6.45, 7) is 3.87. The first-order chi connectivity index (χ1) is 8.61. The minimum Gasteiger partial charge on any atom is -0.469 e. The Morgan fingerprint density at radius 2 is 2.33 bits per heavy atom. The molecule has 2 aromatic heterocycles. The molecule has 18 heavy (non-hydrogen) atoms. The van der Waals surface area contributed by atoms with E-state index in [4.69, 9.17) is 4.74 Å². The van der Waals surface area contributed by atoms with Gasteiger partial charge in [0.2, 0.25) is 0 Å². The Labute approximate surface area is 110 Å². The number of methoxy groups -OCH3 is 1. The number of nitrogens with zero attached hydrogens (tertiary/aromatic N) is 3. The van der Waals surface area contributed by atoms with Gasteiger partial charge in [-0.25, -0.2) is 9.50 Å². The molecule has 0 saturated heterocycles. The lowest BCUT2D eigenvalue weighted by Crippen LogP contribution is -2.15. The minimum absolute atomic E-state index is 0.140. The van der Waals surface area contributed by atoms with Crippen molar-refractivity contribution in [2.75, 3.05) is 12.9 Å². The Bertz CT molecular complexity index is 567. The van der Waals surface area contributed by atoms with Crippen molar-refractivity contribution in [1.82, 2.24) is 14.6 Å². The Morgan fingerprint density at radius 1 is 1.56 bits per heavy atom. The van der Waals surface area contributed by atoms with Gasteiger partial charge in [-0.3, -0.25) is 4.79 Å². The van der Waals surface area contributed by atoms with E-state index >= 15 is 0 Å². The summed E-state index contributed by atoms with van der Waals surface area (Å²) in [5.74, 6) is 0.328. The van der Waals surface area contributed by atoms with Crippen LogP contribution in [0.2, 0.25) is 0 Å². The number of aromatic nitrogens is 3. The number of esters is 1. The molecule has 0 N–H and O–H groups in total. The van der Waals surface area contributed by atoms with E-state index in [0.29, 0.717) is 5.75 Å². The lowest BCUT2D eigenvalue weighted by atomic mass is 10.2. The Kier molecular flexibility index (Phi) is 3.86. The smallest absolute Gasteiger partial charge is 0.309 e. The molecule has 0 bridgehead atoms. The number of rotatable bonds is 4. The van der Waals surface area contributed by atoms with Gasteiger partial charge in [-0.15, -0.1) is 11.8 Å². The van der Waals surface area contributed by atoms with E-state index in [9.17, 15) is 4.79 Å². The van der Waals surface area contributed by atoms with Crippen molar-refractivity contribution < 1.29 is 9.53 Å². The molecule has 2 rings (SSSR count). The number of aryl methyl sites for hydroxylation is 1. The van der Waals surface area contributed by atoms with Crippen molar-refractivity contribution in [2.24, 2.45) is 5.92 Å². The second kappa shape index (κ2) is 5.39. The van der Waals surface area contributed by atoms with Crippen LogP contribution in [0.1, 0.15) is 12.5 Å². The van der Waals surface area contributed by atoms with E-state index in [1.807, 2.05) is 26.0 Å². The summed E-state index contributed by atoms with van der Waals surface area (Å²) in [7, 11) is 1.41. The predicted octanol–water partition coefficient (Wildman–Crippen LogP) is 1.94. The van der Waals surface area contributed by atoms with Crippen LogP contribution in [-0.2, 0) is 9.53 Å². The SMILES string of the molecule is COC(=O)C(C)CSc1cc(C)cc2ncnn12. The highest BCUT2D eigenvalue weighted by Gasteiger charge is 2.14. The van der Waals surface area contributed by atoms with Crippen LogP contribution in [0.3, 0.4) is 0 Å². The zero-order valence-electron chi connectivity index (χ0n) is 10.6. The first-order valence-corrected chi connectivity index (χ1v) is 6.61. The largest absolute Gasteiger partial charge is 0.469 e. The van der Waals surface area contributed by atoms with Gasteiger partial charge < -0.3 is 4.74 Å². The molecule has 1 atom stereocenters. The standard InChI is InChI=1S/C12H15N3O2S/c1-8-4-10-13-7-14-15(10)11(5-8)18-6-9(2)12(16)17-3/h4-5,7,9H,6H2,1-3H3. The molecular weight excluding hydrogens is 250 g/mol. The summed E-state index contributed by atoms with van der Waals surface area (Å²) in [6, 6.07) is 4.01. The molecule has 6 heteroatoms. The van der Waals surface area contributed by atoms with E-state index in [1.54, 1.807) is 16.3 Å². The van der Waals surface area contributed by atoms with Crippen LogP contribution in [0.4, 0.5) is 0 Å². The molecule has 0 aliphatic rings. The Hall–Kier alpha value is -1.56. The number of hydrogen-bond acceptors (Lipinski definition) is 5. The van der Waals surface area contributed by atoms with E-state index < -0.39 is 0 Å². The van der Waals surface area contributed by atoms with Crippen molar-refractivity contribution in [3.8, 4) is 0 Å². The summed E-state index contributed by atoms with van der Waals surface area (Å²) in [4.78, 5) is 15.5. The van der Waals surface area contributed by atoms with Gasteiger partial charge in [0.05, 0.1) is 13.0 Å². The zero-order valence-corrected chi connectivity index (χ0v) is 11.4. The van der Waals surface area contributed by atoms with Gasteiger partial charge in [-0.05, 0) is 24.6 Å². The lowest BCUT2D eigenvalue weighted by molar-refractivity contribution is -0.143. The summed E-state index contributed by atoms with van der Waals surface area (Å²) < 4.78 is 6.49. The van der Waals surface area contributed by atoms with Crippen LogP contribution in [0.25, 0.3) is 5.65 Å². The number of pyridine rings is 1. The van der Waals surface area contributed by atoms with Gasteiger partial charge in [0.15, 0.2) is 5.65 Å². The highest BCUT2D eigenvalue weighted by atomic mass is 32.2. The molecule has 0 aliphatic carbocycles. The van der Waals surface area contributed by atoms with Gasteiger partial charge in [-0.1, -0.05) is 6.92 Å². The second-order valence-corrected chi connectivity index (χ2v) is 5.18. The molecule has 2 aromatic rings. The fourth-order valence-electron chi connectivity index (χ4n) is 1.60. The van der Waals surface area contributed by atoms with Gasteiger partial charge in [0.1, 0.15) is 11.4 Å². The number of ether oxygens (including phenoxy) is 1. The molecule has 0 saturated carbocycles. The van der Waals surface area contributed by atoms with Crippen molar-refractivity contribution in [3.63, 3.8) is 0 Å². The number of hydrogen-bond donors (Lipinski definition) is 0. The average Bonchev–Trinajstić information content (AvgIpc) is 2.82. The maximum atomic E-state index is 11.3. The van der Waals surface area contributed by atoms with E-state index in [2.05, 4.69) is 10.1 Å². The molecule has 96 valence electrons. The van der Waals surface area contributed by atoms with Gasteiger partial charge in [0, 0.05) is 5.75 Å². The number of thioether (sulfide) groups is 1. The Morgan fingerprint density at radius 3 is 3.06 bits per heavy atom. The van der Waals surface area contributed by atoms with Crippen molar-refractivity contribution in [3.05, 3.63) is 24.0 Å². The number of carbonyl (C=O) groups excluding carboxylic acids is 1. The third kappa shape index (κ3) is 2.64. The van der Waals surface area contributed by atoms with Crippen molar-refractivity contribution in [1.29, 1.82) is 0 Å². The lowest BCUT2D eigenvalue weighted by Gasteiger charge is -2.09. The molecule has 0 aromatic carbocycles. The van der Waals surface area contributed by atoms with E-state index in [-0.39, 0.29) is 11.9 Å². The molecule has 0 aliphatic heterocycles. The fraction of sp³-hybridized carbons (Fsp3) is 0.417. The summed E-state index contributed by atoms with van der Waals surface area (Å²) in [5.41, 5.74) is 1.95. The molecule has 5 nitrogen and oxygen atoms in total. The monoisotopic (exact) mass is 265 g/mol. The van der Waals surface area contributed by atoms with Gasteiger partial charge >= 0.3 is 5.97 Å². The quantitative estimate of drug-likeness (QED) is 0.624. The minimum atomic E-state index is -0.190. The third-order valence-corrected chi connectivity index (χ3v) is 3.83. The number of fused-ring (bicyclic) bond motifs is 1. The van der Waals surface area contributed by atoms with Gasteiger partial charge in [0.25, 0.3) is 0 Å². The van der Waals surface area contributed by atoms with Gasteiger partial charge in [-0.2, -0.15) is 5.10 Å². The molecule has 1 unspecified atom stereocenters. The van der Waals surface area contributed by atoms with Crippen LogP contribution < -0.4 is 0 Å². The fourth-order valence-corrected chi connectivity index (χ4v) is 2.69. The topological polar surface area (TPSA) is 56.5 Å². The highest BCUT2D eigenvalue weighted by molar-refractivity contribution is 7.99. The van der Waals surface area contributed by atoms with Crippen LogP contribution in [-0.4, -0.2) is 33.4 Å². The van der Waals surface area contributed by atoms with Crippen molar-refractivity contribution in [2.45, 2.75) is 18.9 Å². The molecular formula is C12H15N3O2S. The molecule has 0 spiro atoms. The van der Waals surface area contributed by atoms with Crippen molar-refractivity contribution >= 4 is 23.4 Å². The zero-order chi connectivity index (χ0) is 13.1. The first-order valence-electron chi connectivity index (χ1n) is 5.63. The molecule has 2 heterocycles. The molecule has 0 radical (unpaired) electrons. The first kappa shape index (κ1) is 12.9. The van der Waals surface area contributed by atoms with Crippen LogP contribution in [0, 0.1) is 12.8 Å².